The van der Waals surface area contributed by atoms with Gasteiger partial charge in [-0.1, -0.05) is 29.4 Å². The van der Waals surface area contributed by atoms with Crippen LogP contribution in [0.2, 0.25) is 0 Å². The summed E-state index contributed by atoms with van der Waals surface area (Å²) < 4.78 is 40.8. The molecule has 0 radical (unpaired) electrons. The number of aromatic nitrogens is 2. The summed E-state index contributed by atoms with van der Waals surface area (Å²) in [6.07, 6.45) is -3.75. The highest BCUT2D eigenvalue weighted by atomic mass is 19.4. The molecule has 1 heterocycles. The lowest BCUT2D eigenvalue weighted by Gasteiger charge is -2.05. The second-order valence-electron chi connectivity index (χ2n) is 4.43. The molecule has 1 N–H and O–H groups in total. The molecule has 20 heavy (non-hydrogen) atoms. The summed E-state index contributed by atoms with van der Waals surface area (Å²) in [5.74, 6) is 0.612. The van der Waals surface area contributed by atoms with Gasteiger partial charge in [0, 0.05) is 6.42 Å². The van der Waals surface area contributed by atoms with Crippen LogP contribution in [0.1, 0.15) is 22.8 Å². The number of alkyl halides is 3. The Bertz CT molecular complexity index is 566. The van der Waals surface area contributed by atoms with Crippen LogP contribution in [0, 0.1) is 6.92 Å². The van der Waals surface area contributed by atoms with Gasteiger partial charge in [0.1, 0.15) is 0 Å². The molecule has 0 saturated carbocycles. The fourth-order valence-corrected chi connectivity index (χ4v) is 1.72. The fourth-order valence-electron chi connectivity index (χ4n) is 1.72. The quantitative estimate of drug-likeness (QED) is 0.917. The summed E-state index contributed by atoms with van der Waals surface area (Å²) >= 11 is 0. The van der Waals surface area contributed by atoms with Gasteiger partial charge in [-0.3, -0.25) is 0 Å². The van der Waals surface area contributed by atoms with Gasteiger partial charge in [-0.25, -0.2) is 0 Å². The van der Waals surface area contributed by atoms with Crippen molar-refractivity contribution in [2.75, 3.05) is 6.54 Å². The Balaban J connectivity index is 1.91. The van der Waals surface area contributed by atoms with Gasteiger partial charge in [0.2, 0.25) is 5.89 Å². The van der Waals surface area contributed by atoms with E-state index in [1.165, 1.54) is 0 Å². The molecule has 4 nitrogen and oxygen atoms in total. The van der Waals surface area contributed by atoms with E-state index in [-0.39, 0.29) is 12.4 Å². The van der Waals surface area contributed by atoms with E-state index in [2.05, 4.69) is 15.5 Å². The maximum Gasteiger partial charge on any atom is 0.401 e. The molecule has 2 aromatic rings. The van der Waals surface area contributed by atoms with Crippen LogP contribution in [0.4, 0.5) is 13.2 Å². The van der Waals surface area contributed by atoms with Crippen molar-refractivity contribution in [3.63, 3.8) is 0 Å². The lowest BCUT2D eigenvalue weighted by molar-refractivity contribution is -0.125. The first-order chi connectivity index (χ1) is 9.44. The zero-order chi connectivity index (χ0) is 14.6. The van der Waals surface area contributed by atoms with Crippen molar-refractivity contribution in [1.29, 1.82) is 0 Å². The molecule has 0 unspecified atom stereocenters. The van der Waals surface area contributed by atoms with Crippen LogP contribution in [0.5, 0.6) is 0 Å². The monoisotopic (exact) mass is 285 g/mol. The van der Waals surface area contributed by atoms with Crippen molar-refractivity contribution in [3.05, 3.63) is 47.1 Å². The molecule has 0 aliphatic heterocycles. The highest BCUT2D eigenvalue weighted by molar-refractivity contribution is 5.27. The first kappa shape index (κ1) is 14.5. The zero-order valence-corrected chi connectivity index (χ0v) is 10.9. The largest absolute Gasteiger partial charge is 0.401 e. The molecule has 0 spiro atoms. The highest BCUT2D eigenvalue weighted by Gasteiger charge is 2.26. The molecule has 0 fully saturated rings. The minimum absolute atomic E-state index is 0.0969. The number of rotatable bonds is 5. The van der Waals surface area contributed by atoms with E-state index in [1.54, 1.807) is 0 Å². The fraction of sp³-hybridized carbons (Fsp3) is 0.385. The lowest BCUT2D eigenvalue weighted by Crippen LogP contribution is -2.28. The number of hydrogen-bond donors (Lipinski definition) is 1. The SMILES string of the molecule is Cc1ccccc1Cc1noc(CNCC(F)(F)F)n1. The van der Waals surface area contributed by atoms with Crippen molar-refractivity contribution in [3.8, 4) is 0 Å². The van der Waals surface area contributed by atoms with E-state index in [9.17, 15) is 13.2 Å². The molecule has 7 heteroatoms. The van der Waals surface area contributed by atoms with Crippen molar-refractivity contribution in [2.45, 2.75) is 26.1 Å². The highest BCUT2D eigenvalue weighted by Crippen LogP contribution is 2.13. The lowest BCUT2D eigenvalue weighted by atomic mass is 10.1. The van der Waals surface area contributed by atoms with Gasteiger partial charge in [0.15, 0.2) is 5.82 Å². The van der Waals surface area contributed by atoms with Crippen LogP contribution in [0.25, 0.3) is 0 Å². The number of hydrogen-bond acceptors (Lipinski definition) is 4. The van der Waals surface area contributed by atoms with Gasteiger partial charge in [0.05, 0.1) is 13.1 Å². The third kappa shape index (κ3) is 4.34. The molecule has 0 aliphatic carbocycles. The Morgan fingerprint density at radius 2 is 2.00 bits per heavy atom. The zero-order valence-electron chi connectivity index (χ0n) is 10.9. The number of benzene rings is 1. The molecule has 2 rings (SSSR count). The van der Waals surface area contributed by atoms with Crippen molar-refractivity contribution in [2.24, 2.45) is 0 Å². The number of nitrogens with one attached hydrogen (secondary N) is 1. The number of aryl methyl sites for hydroxylation is 1. The summed E-state index contributed by atoms with van der Waals surface area (Å²) in [7, 11) is 0. The number of nitrogens with zero attached hydrogens (tertiary/aromatic N) is 2. The molecule has 1 aromatic carbocycles. The minimum atomic E-state index is -4.25. The Hall–Kier alpha value is -1.89. The average molecular weight is 285 g/mol. The summed E-state index contributed by atoms with van der Waals surface area (Å²) in [6.45, 7) is 0.796. The van der Waals surface area contributed by atoms with Gasteiger partial charge in [-0.2, -0.15) is 18.2 Å². The van der Waals surface area contributed by atoms with E-state index in [4.69, 9.17) is 4.52 Å². The van der Waals surface area contributed by atoms with Crippen LogP contribution >= 0.6 is 0 Å². The van der Waals surface area contributed by atoms with Crippen LogP contribution in [-0.2, 0) is 13.0 Å². The van der Waals surface area contributed by atoms with E-state index >= 15 is 0 Å². The van der Waals surface area contributed by atoms with Crippen LogP contribution < -0.4 is 5.32 Å². The maximum absolute atomic E-state index is 12.0. The second-order valence-corrected chi connectivity index (χ2v) is 4.43. The third-order valence-corrected chi connectivity index (χ3v) is 2.72. The molecular weight excluding hydrogens is 271 g/mol. The molecule has 0 bridgehead atoms. The topological polar surface area (TPSA) is 51.0 Å². The predicted molar refractivity (Wildman–Crippen MR) is 66.0 cm³/mol. The van der Waals surface area contributed by atoms with E-state index < -0.39 is 12.7 Å². The summed E-state index contributed by atoms with van der Waals surface area (Å²) in [6, 6.07) is 7.77. The first-order valence-corrected chi connectivity index (χ1v) is 6.07. The molecular formula is C13H14F3N3O. The summed E-state index contributed by atoms with van der Waals surface area (Å²) in [4.78, 5) is 4.06. The average Bonchev–Trinajstić information content (AvgIpc) is 2.78. The van der Waals surface area contributed by atoms with Crippen LogP contribution in [-0.4, -0.2) is 22.9 Å². The smallest absolute Gasteiger partial charge is 0.338 e. The predicted octanol–water partition coefficient (Wildman–Crippen LogP) is 2.62. The van der Waals surface area contributed by atoms with Gasteiger partial charge < -0.3 is 9.84 Å². The van der Waals surface area contributed by atoms with Crippen molar-refractivity contribution in [1.82, 2.24) is 15.5 Å². The molecule has 108 valence electrons. The number of halogens is 3. The summed E-state index contributed by atoms with van der Waals surface area (Å²) in [5.41, 5.74) is 2.16. The molecule has 1 aromatic heterocycles. The van der Waals surface area contributed by atoms with Crippen molar-refractivity contribution < 1.29 is 17.7 Å². The van der Waals surface area contributed by atoms with Gasteiger partial charge >= 0.3 is 6.18 Å². The summed E-state index contributed by atoms with van der Waals surface area (Å²) in [5, 5.41) is 5.97. The van der Waals surface area contributed by atoms with Gasteiger partial charge in [0.25, 0.3) is 0 Å². The Morgan fingerprint density at radius 3 is 2.70 bits per heavy atom. The second kappa shape index (κ2) is 6.04. The Labute approximate surface area is 114 Å². The van der Waals surface area contributed by atoms with Crippen LogP contribution in [0.3, 0.4) is 0 Å². The minimum Gasteiger partial charge on any atom is -0.338 e. The third-order valence-electron chi connectivity index (χ3n) is 2.72. The molecule has 0 saturated heterocycles. The van der Waals surface area contributed by atoms with E-state index in [0.29, 0.717) is 12.2 Å². The van der Waals surface area contributed by atoms with Gasteiger partial charge in [-0.15, -0.1) is 0 Å². The maximum atomic E-state index is 12.0. The van der Waals surface area contributed by atoms with Gasteiger partial charge in [-0.05, 0) is 18.1 Å². The Kier molecular flexibility index (Phi) is 4.39. The molecule has 0 amide bonds. The van der Waals surface area contributed by atoms with Crippen LogP contribution in [0.15, 0.2) is 28.8 Å². The Morgan fingerprint density at radius 1 is 1.25 bits per heavy atom. The van der Waals surface area contributed by atoms with Crippen molar-refractivity contribution >= 4 is 0 Å². The molecule has 0 aliphatic rings. The first-order valence-electron chi connectivity index (χ1n) is 6.07. The standard InChI is InChI=1S/C13H14F3N3O/c1-9-4-2-3-5-10(9)6-11-18-12(20-19-11)7-17-8-13(14,15)16/h2-5,17H,6-8H2,1H3. The molecule has 0 atom stereocenters. The normalized spacial score (nSPS) is 11.8. The van der Waals surface area contributed by atoms with E-state index in [1.807, 2.05) is 31.2 Å². The van der Waals surface area contributed by atoms with E-state index in [0.717, 1.165) is 11.1 Å².